The number of aryl methyl sites for hydroxylation is 2. The first-order chi connectivity index (χ1) is 10.5. The molecule has 0 aromatic heterocycles. The van der Waals surface area contributed by atoms with Gasteiger partial charge in [0.2, 0.25) is 0 Å². The van der Waals surface area contributed by atoms with Crippen molar-refractivity contribution in [1.82, 2.24) is 0 Å². The summed E-state index contributed by atoms with van der Waals surface area (Å²) >= 11 is 0. The minimum atomic E-state index is -1.25. The predicted octanol–water partition coefficient (Wildman–Crippen LogP) is 3.19. The van der Waals surface area contributed by atoms with Crippen molar-refractivity contribution in [3.63, 3.8) is 0 Å². The summed E-state index contributed by atoms with van der Waals surface area (Å²) in [5.74, 6) is -1.47. The molecule has 0 radical (unpaired) electrons. The first-order valence-corrected chi connectivity index (χ1v) is 7.07. The highest BCUT2D eigenvalue weighted by Crippen LogP contribution is 2.46. The number of fused-ring (bicyclic) bond motifs is 1. The van der Waals surface area contributed by atoms with Gasteiger partial charge in [-0.25, -0.2) is 4.79 Å². The minimum Gasteiger partial charge on any atom is -0.481 e. The zero-order valence-electron chi connectivity index (χ0n) is 12.4. The van der Waals surface area contributed by atoms with Gasteiger partial charge < -0.3 is 9.84 Å². The molecule has 0 bridgehead atoms. The Morgan fingerprint density at radius 3 is 2.36 bits per heavy atom. The van der Waals surface area contributed by atoms with Crippen LogP contribution in [0.3, 0.4) is 0 Å². The van der Waals surface area contributed by atoms with E-state index in [1.165, 1.54) is 0 Å². The van der Waals surface area contributed by atoms with Crippen LogP contribution in [-0.2, 0) is 15.1 Å². The molecule has 4 nitrogen and oxygen atoms in total. The first kappa shape index (κ1) is 14.3. The molecule has 0 saturated carbocycles. The Bertz CT molecular complexity index is 764. The summed E-state index contributed by atoms with van der Waals surface area (Å²) in [7, 11) is 0. The Hall–Kier alpha value is -2.62. The van der Waals surface area contributed by atoms with E-state index in [0.29, 0.717) is 16.7 Å². The van der Waals surface area contributed by atoms with Crippen molar-refractivity contribution in [1.29, 1.82) is 0 Å². The third kappa shape index (κ3) is 1.99. The lowest BCUT2D eigenvalue weighted by Crippen LogP contribution is -2.31. The number of carboxylic acid groups (broad SMARTS) is 1. The SMILES string of the molecule is Cc1ccc(C)c2c1C(=O)OC2(CC(=O)O)c1ccccc1. The molecule has 3 rings (SSSR count). The van der Waals surface area contributed by atoms with Gasteiger partial charge in [0.05, 0.1) is 12.0 Å². The molecule has 0 fully saturated rings. The number of hydrogen-bond donors (Lipinski definition) is 1. The Morgan fingerprint density at radius 1 is 1.09 bits per heavy atom. The van der Waals surface area contributed by atoms with Gasteiger partial charge in [-0.1, -0.05) is 42.5 Å². The van der Waals surface area contributed by atoms with Crippen LogP contribution in [-0.4, -0.2) is 17.0 Å². The van der Waals surface area contributed by atoms with E-state index in [1.54, 1.807) is 12.1 Å². The molecular formula is C18H16O4. The maximum absolute atomic E-state index is 12.4. The van der Waals surface area contributed by atoms with E-state index in [1.807, 2.05) is 44.2 Å². The summed E-state index contributed by atoms with van der Waals surface area (Å²) in [6, 6.07) is 12.8. The van der Waals surface area contributed by atoms with Crippen LogP contribution in [0, 0.1) is 13.8 Å². The highest BCUT2D eigenvalue weighted by molar-refractivity contribution is 5.98. The monoisotopic (exact) mass is 296 g/mol. The molecule has 0 saturated heterocycles. The number of aliphatic carboxylic acids is 1. The van der Waals surface area contributed by atoms with Gasteiger partial charge in [0.25, 0.3) is 0 Å². The molecule has 0 spiro atoms. The number of rotatable bonds is 3. The van der Waals surface area contributed by atoms with E-state index in [0.717, 1.165) is 11.1 Å². The fourth-order valence-corrected chi connectivity index (χ4v) is 3.20. The van der Waals surface area contributed by atoms with Gasteiger partial charge in [-0.2, -0.15) is 0 Å². The van der Waals surface area contributed by atoms with Gasteiger partial charge in [-0.05, 0) is 25.0 Å². The van der Waals surface area contributed by atoms with Crippen LogP contribution in [0.1, 0.15) is 39.0 Å². The lowest BCUT2D eigenvalue weighted by Gasteiger charge is -2.29. The average molecular weight is 296 g/mol. The normalized spacial score (nSPS) is 19.6. The Morgan fingerprint density at radius 2 is 1.73 bits per heavy atom. The van der Waals surface area contributed by atoms with Crippen LogP contribution >= 0.6 is 0 Å². The van der Waals surface area contributed by atoms with Crippen LogP contribution in [0.25, 0.3) is 0 Å². The number of hydrogen-bond acceptors (Lipinski definition) is 3. The number of carbonyl (C=O) groups is 2. The molecule has 1 aliphatic heterocycles. The van der Waals surface area contributed by atoms with Crippen molar-refractivity contribution in [2.45, 2.75) is 25.9 Å². The van der Waals surface area contributed by atoms with Gasteiger partial charge in [-0.3, -0.25) is 4.79 Å². The van der Waals surface area contributed by atoms with Crippen molar-refractivity contribution < 1.29 is 19.4 Å². The van der Waals surface area contributed by atoms with E-state index in [9.17, 15) is 14.7 Å². The Labute approximate surface area is 128 Å². The maximum Gasteiger partial charge on any atom is 0.340 e. The van der Waals surface area contributed by atoms with Crippen LogP contribution < -0.4 is 0 Å². The molecule has 112 valence electrons. The molecule has 0 amide bonds. The van der Waals surface area contributed by atoms with Crippen molar-refractivity contribution in [3.8, 4) is 0 Å². The number of cyclic esters (lactones) is 1. The van der Waals surface area contributed by atoms with Gasteiger partial charge in [0.1, 0.15) is 0 Å². The summed E-state index contributed by atoms with van der Waals surface area (Å²) in [5.41, 5.74) is 2.25. The second kappa shape index (κ2) is 4.98. The molecule has 2 aromatic rings. The summed E-state index contributed by atoms with van der Waals surface area (Å²) in [6.07, 6.45) is -0.292. The molecule has 22 heavy (non-hydrogen) atoms. The van der Waals surface area contributed by atoms with Crippen molar-refractivity contribution >= 4 is 11.9 Å². The second-order valence-corrected chi connectivity index (χ2v) is 5.60. The highest BCUT2D eigenvalue weighted by atomic mass is 16.6. The second-order valence-electron chi connectivity index (χ2n) is 5.60. The van der Waals surface area contributed by atoms with Gasteiger partial charge >= 0.3 is 11.9 Å². The molecule has 1 unspecified atom stereocenters. The number of esters is 1. The minimum absolute atomic E-state index is 0.292. The molecular weight excluding hydrogens is 280 g/mol. The molecule has 4 heteroatoms. The van der Waals surface area contributed by atoms with Crippen molar-refractivity contribution in [2.75, 3.05) is 0 Å². The number of carbonyl (C=O) groups excluding carboxylic acids is 1. The molecule has 2 aromatic carbocycles. The van der Waals surface area contributed by atoms with Gasteiger partial charge in [-0.15, -0.1) is 0 Å². The first-order valence-electron chi connectivity index (χ1n) is 7.07. The zero-order chi connectivity index (χ0) is 15.9. The third-order valence-corrected chi connectivity index (χ3v) is 4.14. The molecule has 0 aliphatic carbocycles. The predicted molar refractivity (Wildman–Crippen MR) is 80.8 cm³/mol. The van der Waals surface area contributed by atoms with E-state index < -0.39 is 17.5 Å². The lowest BCUT2D eigenvalue weighted by atomic mass is 9.80. The summed E-state index contributed by atoms with van der Waals surface area (Å²) in [5, 5.41) is 9.38. The zero-order valence-corrected chi connectivity index (χ0v) is 12.4. The fraction of sp³-hybridized carbons (Fsp3) is 0.222. The van der Waals surface area contributed by atoms with Crippen molar-refractivity contribution in [2.24, 2.45) is 0 Å². The van der Waals surface area contributed by atoms with Crippen LogP contribution in [0.5, 0.6) is 0 Å². The summed E-state index contributed by atoms with van der Waals surface area (Å²) in [6.45, 7) is 3.71. The largest absolute Gasteiger partial charge is 0.481 e. The summed E-state index contributed by atoms with van der Waals surface area (Å²) in [4.78, 5) is 23.8. The Balaban J connectivity index is 2.34. The average Bonchev–Trinajstić information content (AvgIpc) is 2.78. The molecule has 1 heterocycles. The fourth-order valence-electron chi connectivity index (χ4n) is 3.20. The van der Waals surface area contributed by atoms with E-state index >= 15 is 0 Å². The van der Waals surface area contributed by atoms with E-state index in [2.05, 4.69) is 0 Å². The topological polar surface area (TPSA) is 63.6 Å². The van der Waals surface area contributed by atoms with Gasteiger partial charge in [0, 0.05) is 11.1 Å². The third-order valence-electron chi connectivity index (χ3n) is 4.14. The number of benzene rings is 2. The van der Waals surface area contributed by atoms with Gasteiger partial charge in [0.15, 0.2) is 5.60 Å². The van der Waals surface area contributed by atoms with Crippen LogP contribution in [0.4, 0.5) is 0 Å². The molecule has 1 atom stereocenters. The van der Waals surface area contributed by atoms with E-state index in [4.69, 9.17) is 4.74 Å². The maximum atomic E-state index is 12.4. The molecule has 1 N–H and O–H groups in total. The summed E-state index contributed by atoms with van der Waals surface area (Å²) < 4.78 is 5.66. The van der Waals surface area contributed by atoms with Crippen LogP contribution in [0.2, 0.25) is 0 Å². The number of carboxylic acids is 1. The van der Waals surface area contributed by atoms with E-state index in [-0.39, 0.29) is 6.42 Å². The smallest absolute Gasteiger partial charge is 0.340 e. The standard InChI is InChI=1S/C18H16O4/c1-11-8-9-12(2)16-15(11)17(21)22-18(16,10-14(19)20)13-6-4-3-5-7-13/h3-9H,10H2,1-2H3,(H,19,20). The Kier molecular flexibility index (Phi) is 3.24. The quantitative estimate of drug-likeness (QED) is 0.883. The van der Waals surface area contributed by atoms with Crippen molar-refractivity contribution in [3.05, 3.63) is 70.3 Å². The number of ether oxygens (including phenoxy) is 1. The highest BCUT2D eigenvalue weighted by Gasteiger charge is 2.50. The van der Waals surface area contributed by atoms with Crippen LogP contribution in [0.15, 0.2) is 42.5 Å². The lowest BCUT2D eigenvalue weighted by molar-refractivity contribution is -0.141. The molecule has 1 aliphatic rings.